The van der Waals surface area contributed by atoms with E-state index < -0.39 is 0 Å². The van der Waals surface area contributed by atoms with Gasteiger partial charge in [-0.15, -0.1) is 0 Å². The maximum absolute atomic E-state index is 11.5. The molecule has 1 saturated heterocycles. The van der Waals surface area contributed by atoms with E-state index in [2.05, 4.69) is 15.3 Å². The third kappa shape index (κ3) is 3.06. The lowest BCUT2D eigenvalue weighted by atomic mass is 9.95. The number of hydrogen-bond donors (Lipinski definition) is 1. The van der Waals surface area contributed by atoms with Crippen LogP contribution < -0.4 is 10.2 Å². The summed E-state index contributed by atoms with van der Waals surface area (Å²) in [5.41, 5.74) is 0.0324. The summed E-state index contributed by atoms with van der Waals surface area (Å²) in [7, 11) is 0. The van der Waals surface area contributed by atoms with Crippen molar-refractivity contribution >= 4 is 17.3 Å². The van der Waals surface area contributed by atoms with Gasteiger partial charge in [-0.1, -0.05) is 19.3 Å². The Morgan fingerprint density at radius 1 is 1.14 bits per heavy atom. The maximum Gasteiger partial charge on any atom is 0.353 e. The van der Waals surface area contributed by atoms with Crippen LogP contribution in [-0.4, -0.2) is 34.0 Å². The van der Waals surface area contributed by atoms with Crippen LogP contribution >= 0.6 is 0 Å². The molecule has 0 aromatic carbocycles. The maximum atomic E-state index is 11.5. The van der Waals surface area contributed by atoms with Gasteiger partial charge in [-0.05, 0) is 25.7 Å². The number of hydrogen-bond acceptors (Lipinski definition) is 6. The van der Waals surface area contributed by atoms with E-state index in [9.17, 15) is 10.1 Å². The highest BCUT2D eigenvalue weighted by Gasteiger charge is 2.29. The van der Waals surface area contributed by atoms with Crippen LogP contribution in [0, 0.1) is 10.1 Å². The average Bonchev–Trinajstić information content (AvgIpc) is 3.02. The zero-order chi connectivity index (χ0) is 14.7. The quantitative estimate of drug-likeness (QED) is 0.678. The molecule has 1 aromatic rings. The Labute approximate surface area is 123 Å². The molecule has 7 heteroatoms. The molecule has 3 rings (SSSR count). The van der Waals surface area contributed by atoms with Crippen molar-refractivity contribution in [2.24, 2.45) is 0 Å². The van der Waals surface area contributed by atoms with Crippen molar-refractivity contribution in [1.29, 1.82) is 0 Å². The van der Waals surface area contributed by atoms with Gasteiger partial charge >= 0.3 is 5.69 Å². The number of nitro groups is 1. The van der Waals surface area contributed by atoms with Gasteiger partial charge in [-0.2, -0.15) is 0 Å². The monoisotopic (exact) mass is 291 g/mol. The Hall–Kier alpha value is -1.92. The Morgan fingerprint density at radius 2 is 1.86 bits per heavy atom. The molecule has 1 aromatic heterocycles. The highest BCUT2D eigenvalue weighted by atomic mass is 16.6. The second kappa shape index (κ2) is 6.24. The largest absolute Gasteiger partial charge is 0.361 e. The molecule has 0 atom stereocenters. The summed E-state index contributed by atoms with van der Waals surface area (Å²) in [4.78, 5) is 21.4. The molecule has 21 heavy (non-hydrogen) atoms. The molecule has 2 fully saturated rings. The van der Waals surface area contributed by atoms with Crippen molar-refractivity contribution in [2.45, 2.75) is 51.0 Å². The minimum Gasteiger partial charge on any atom is -0.361 e. The topological polar surface area (TPSA) is 84.2 Å². The van der Waals surface area contributed by atoms with Crippen LogP contribution in [0.2, 0.25) is 0 Å². The highest BCUT2D eigenvalue weighted by molar-refractivity contribution is 5.70. The zero-order valence-electron chi connectivity index (χ0n) is 12.1. The van der Waals surface area contributed by atoms with Gasteiger partial charge in [0, 0.05) is 19.1 Å². The summed E-state index contributed by atoms with van der Waals surface area (Å²) in [6, 6.07) is 0.291. The molecular formula is C14H21N5O2. The molecule has 7 nitrogen and oxygen atoms in total. The van der Waals surface area contributed by atoms with Crippen molar-refractivity contribution in [3.05, 3.63) is 16.4 Å². The van der Waals surface area contributed by atoms with Crippen LogP contribution in [0.4, 0.5) is 17.3 Å². The fourth-order valence-corrected chi connectivity index (χ4v) is 3.24. The SMILES string of the molecule is O=[N+]([O-])c1c(NC2CCCCC2)ncnc1N1CCCC1. The first kappa shape index (κ1) is 14.0. The van der Waals surface area contributed by atoms with Gasteiger partial charge in [-0.3, -0.25) is 10.1 Å². The molecule has 1 aliphatic heterocycles. The second-order valence-electron chi connectivity index (χ2n) is 5.83. The fraction of sp³-hybridized carbons (Fsp3) is 0.714. The third-order valence-electron chi connectivity index (χ3n) is 4.34. The molecule has 0 bridgehead atoms. The van der Waals surface area contributed by atoms with E-state index >= 15 is 0 Å². The molecule has 0 unspecified atom stereocenters. The van der Waals surface area contributed by atoms with Crippen LogP contribution in [0.25, 0.3) is 0 Å². The minimum absolute atomic E-state index is 0.0324. The summed E-state index contributed by atoms with van der Waals surface area (Å²) in [5.74, 6) is 0.842. The standard InChI is InChI=1S/C14H21N5O2/c20-19(21)12-13(17-11-6-2-1-3-7-11)15-10-16-14(12)18-8-4-5-9-18/h10-11H,1-9H2,(H,15,16,17). The first-order valence-corrected chi connectivity index (χ1v) is 7.76. The molecule has 0 spiro atoms. The summed E-state index contributed by atoms with van der Waals surface area (Å²) in [6.45, 7) is 1.67. The first-order valence-electron chi connectivity index (χ1n) is 7.76. The van der Waals surface area contributed by atoms with Gasteiger partial charge in [0.05, 0.1) is 4.92 Å². The molecule has 1 aliphatic carbocycles. The van der Waals surface area contributed by atoms with Gasteiger partial charge in [0.1, 0.15) is 6.33 Å². The second-order valence-corrected chi connectivity index (χ2v) is 5.83. The van der Waals surface area contributed by atoms with Crippen molar-refractivity contribution < 1.29 is 4.92 Å². The molecule has 2 aliphatic rings. The number of nitrogens with zero attached hydrogens (tertiary/aromatic N) is 4. The van der Waals surface area contributed by atoms with Crippen LogP contribution in [0.15, 0.2) is 6.33 Å². The average molecular weight is 291 g/mol. The first-order chi connectivity index (χ1) is 10.3. The predicted octanol–water partition coefficient (Wildman–Crippen LogP) is 2.73. The van der Waals surface area contributed by atoms with Crippen LogP contribution in [0.3, 0.4) is 0 Å². The van der Waals surface area contributed by atoms with Crippen LogP contribution in [0.1, 0.15) is 44.9 Å². The molecule has 2 heterocycles. The normalized spacial score (nSPS) is 19.7. The van der Waals surface area contributed by atoms with Crippen LogP contribution in [0.5, 0.6) is 0 Å². The molecule has 1 N–H and O–H groups in total. The highest BCUT2D eigenvalue weighted by Crippen LogP contribution is 2.34. The van der Waals surface area contributed by atoms with E-state index in [0.717, 1.165) is 38.8 Å². The molecular weight excluding hydrogens is 270 g/mol. The summed E-state index contributed by atoms with van der Waals surface area (Å²) < 4.78 is 0. The lowest BCUT2D eigenvalue weighted by molar-refractivity contribution is -0.383. The number of nitrogens with one attached hydrogen (secondary N) is 1. The van der Waals surface area contributed by atoms with E-state index in [1.165, 1.54) is 25.6 Å². The van der Waals surface area contributed by atoms with Gasteiger partial charge in [0.15, 0.2) is 0 Å². The summed E-state index contributed by atoms with van der Waals surface area (Å²) in [6.07, 6.45) is 9.28. The smallest absolute Gasteiger partial charge is 0.353 e. The van der Waals surface area contributed by atoms with Gasteiger partial charge in [-0.25, -0.2) is 9.97 Å². The molecule has 1 saturated carbocycles. The van der Waals surface area contributed by atoms with Gasteiger partial charge < -0.3 is 10.2 Å². The third-order valence-corrected chi connectivity index (χ3v) is 4.34. The molecule has 0 amide bonds. The predicted molar refractivity (Wildman–Crippen MR) is 80.6 cm³/mol. The minimum atomic E-state index is -0.348. The lowest BCUT2D eigenvalue weighted by Crippen LogP contribution is -2.25. The van der Waals surface area contributed by atoms with E-state index in [4.69, 9.17) is 0 Å². The number of anilines is 2. The van der Waals surface area contributed by atoms with E-state index in [-0.39, 0.29) is 10.6 Å². The van der Waals surface area contributed by atoms with Crippen LogP contribution in [-0.2, 0) is 0 Å². The van der Waals surface area contributed by atoms with Gasteiger partial charge in [0.25, 0.3) is 0 Å². The van der Waals surface area contributed by atoms with E-state index in [1.54, 1.807) is 0 Å². The Bertz CT molecular complexity index is 510. The molecule has 0 radical (unpaired) electrons. The van der Waals surface area contributed by atoms with Gasteiger partial charge in [0.2, 0.25) is 11.6 Å². The summed E-state index contributed by atoms with van der Waals surface area (Å²) in [5, 5.41) is 14.8. The Morgan fingerprint density at radius 3 is 2.52 bits per heavy atom. The Balaban J connectivity index is 1.87. The van der Waals surface area contributed by atoms with Crippen molar-refractivity contribution in [1.82, 2.24) is 9.97 Å². The van der Waals surface area contributed by atoms with E-state index in [0.29, 0.717) is 17.7 Å². The summed E-state index contributed by atoms with van der Waals surface area (Å²) >= 11 is 0. The molecule has 114 valence electrons. The van der Waals surface area contributed by atoms with Crippen molar-refractivity contribution in [3.8, 4) is 0 Å². The Kier molecular flexibility index (Phi) is 4.17. The zero-order valence-corrected chi connectivity index (χ0v) is 12.1. The lowest BCUT2D eigenvalue weighted by Gasteiger charge is -2.24. The number of aromatic nitrogens is 2. The van der Waals surface area contributed by atoms with Crippen molar-refractivity contribution in [3.63, 3.8) is 0 Å². The fourth-order valence-electron chi connectivity index (χ4n) is 3.24. The van der Waals surface area contributed by atoms with E-state index in [1.807, 2.05) is 4.90 Å². The number of rotatable bonds is 4. The van der Waals surface area contributed by atoms with Crippen molar-refractivity contribution in [2.75, 3.05) is 23.3 Å².